The molecule has 1 saturated heterocycles. The summed E-state index contributed by atoms with van der Waals surface area (Å²) in [5.74, 6) is -1.24. The monoisotopic (exact) mass is 471 g/mol. The van der Waals surface area contributed by atoms with Crippen molar-refractivity contribution in [2.45, 2.75) is 37.1 Å². The SMILES string of the molecule is CC(c1ccc(-n2cncn2)cc1)N(C)C(=O)c1ccc(F)c(S(=O)(=O)N2CCCCC2)c1. The molecule has 2 heterocycles. The van der Waals surface area contributed by atoms with E-state index in [0.29, 0.717) is 13.1 Å². The van der Waals surface area contributed by atoms with E-state index in [4.69, 9.17) is 0 Å². The molecule has 174 valence electrons. The molecule has 1 atom stereocenters. The fraction of sp³-hybridized carbons (Fsp3) is 0.348. The average molecular weight is 472 g/mol. The van der Waals surface area contributed by atoms with Crippen LogP contribution in [0.2, 0.25) is 0 Å². The van der Waals surface area contributed by atoms with Gasteiger partial charge in [0.05, 0.1) is 11.7 Å². The Morgan fingerprint density at radius 2 is 1.79 bits per heavy atom. The molecule has 10 heteroatoms. The van der Waals surface area contributed by atoms with Crippen molar-refractivity contribution in [1.29, 1.82) is 0 Å². The second-order valence-electron chi connectivity index (χ2n) is 8.13. The molecule has 2 aromatic carbocycles. The number of rotatable bonds is 6. The van der Waals surface area contributed by atoms with E-state index >= 15 is 0 Å². The minimum Gasteiger partial charge on any atom is -0.335 e. The summed E-state index contributed by atoms with van der Waals surface area (Å²) in [6.45, 7) is 2.60. The Morgan fingerprint density at radius 3 is 2.42 bits per heavy atom. The van der Waals surface area contributed by atoms with E-state index in [2.05, 4.69) is 10.1 Å². The number of sulfonamides is 1. The van der Waals surface area contributed by atoms with Gasteiger partial charge < -0.3 is 4.90 Å². The number of benzene rings is 2. The number of amides is 1. The van der Waals surface area contributed by atoms with Crippen LogP contribution in [0.1, 0.15) is 48.1 Å². The molecule has 1 fully saturated rings. The van der Waals surface area contributed by atoms with Crippen LogP contribution in [0.25, 0.3) is 5.69 Å². The number of nitrogens with zero attached hydrogens (tertiary/aromatic N) is 5. The summed E-state index contributed by atoms with van der Waals surface area (Å²) >= 11 is 0. The van der Waals surface area contributed by atoms with E-state index in [9.17, 15) is 17.6 Å². The van der Waals surface area contributed by atoms with Gasteiger partial charge in [-0.3, -0.25) is 4.79 Å². The standard InChI is InChI=1S/C23H26FN5O3S/c1-17(18-6-9-20(10-7-18)29-16-25-15-26-29)27(2)23(30)19-8-11-21(24)22(14-19)33(31,32)28-12-4-3-5-13-28/h6-11,14-17H,3-5,12-13H2,1-2H3. The van der Waals surface area contributed by atoms with Crippen molar-refractivity contribution in [3.05, 3.63) is 72.1 Å². The predicted octanol–water partition coefficient (Wildman–Crippen LogP) is 3.41. The lowest BCUT2D eigenvalue weighted by atomic mass is 10.1. The third kappa shape index (κ3) is 4.67. The van der Waals surface area contributed by atoms with Crippen LogP contribution in [0.5, 0.6) is 0 Å². The fourth-order valence-electron chi connectivity index (χ4n) is 3.93. The zero-order valence-electron chi connectivity index (χ0n) is 18.6. The van der Waals surface area contributed by atoms with Crippen LogP contribution < -0.4 is 0 Å². The Kier molecular flexibility index (Phi) is 6.57. The zero-order valence-corrected chi connectivity index (χ0v) is 19.4. The molecule has 1 amide bonds. The van der Waals surface area contributed by atoms with E-state index in [1.54, 1.807) is 18.1 Å². The van der Waals surface area contributed by atoms with Gasteiger partial charge in [0.1, 0.15) is 23.4 Å². The second kappa shape index (κ2) is 9.40. The van der Waals surface area contributed by atoms with Gasteiger partial charge >= 0.3 is 0 Å². The number of carbonyl (C=O) groups is 1. The van der Waals surface area contributed by atoms with Crippen LogP contribution in [0.15, 0.2) is 60.0 Å². The number of aromatic nitrogens is 3. The first-order chi connectivity index (χ1) is 15.8. The number of carbonyl (C=O) groups excluding carboxylic acids is 1. The molecule has 8 nitrogen and oxygen atoms in total. The van der Waals surface area contributed by atoms with E-state index in [-0.39, 0.29) is 11.6 Å². The minimum atomic E-state index is -4.00. The third-order valence-electron chi connectivity index (χ3n) is 6.07. The van der Waals surface area contributed by atoms with Crippen LogP contribution in [0.3, 0.4) is 0 Å². The van der Waals surface area contributed by atoms with Crippen molar-refractivity contribution < 1.29 is 17.6 Å². The van der Waals surface area contributed by atoms with Crippen LogP contribution in [0.4, 0.5) is 4.39 Å². The Bertz CT molecular complexity index is 1220. The normalized spacial score (nSPS) is 15.8. The van der Waals surface area contributed by atoms with Gasteiger partial charge in [-0.15, -0.1) is 0 Å². The van der Waals surface area contributed by atoms with Crippen molar-refractivity contribution in [1.82, 2.24) is 24.0 Å². The predicted molar refractivity (Wildman–Crippen MR) is 121 cm³/mol. The highest BCUT2D eigenvalue weighted by atomic mass is 32.2. The highest BCUT2D eigenvalue weighted by Crippen LogP contribution is 2.26. The average Bonchev–Trinajstić information content (AvgIpc) is 3.38. The number of halogens is 1. The van der Waals surface area contributed by atoms with Gasteiger partial charge in [-0.1, -0.05) is 18.6 Å². The Balaban J connectivity index is 1.55. The van der Waals surface area contributed by atoms with E-state index in [1.807, 2.05) is 31.2 Å². The number of piperidine rings is 1. The highest BCUT2D eigenvalue weighted by Gasteiger charge is 2.30. The van der Waals surface area contributed by atoms with E-state index in [0.717, 1.165) is 42.6 Å². The molecule has 0 N–H and O–H groups in total. The molecular formula is C23H26FN5O3S. The molecule has 3 aromatic rings. The Hall–Kier alpha value is -3.11. The summed E-state index contributed by atoms with van der Waals surface area (Å²) < 4.78 is 43.4. The largest absolute Gasteiger partial charge is 0.335 e. The highest BCUT2D eigenvalue weighted by molar-refractivity contribution is 7.89. The first-order valence-corrected chi connectivity index (χ1v) is 12.2. The van der Waals surface area contributed by atoms with Crippen molar-refractivity contribution in [3.8, 4) is 5.69 Å². The molecule has 0 bridgehead atoms. The van der Waals surface area contributed by atoms with Gasteiger partial charge in [-0.2, -0.15) is 9.40 Å². The van der Waals surface area contributed by atoms with Crippen molar-refractivity contribution >= 4 is 15.9 Å². The fourth-order valence-corrected chi connectivity index (χ4v) is 5.54. The first-order valence-electron chi connectivity index (χ1n) is 10.8. The molecule has 1 aliphatic rings. The molecule has 0 radical (unpaired) electrons. The van der Waals surface area contributed by atoms with Crippen molar-refractivity contribution in [2.75, 3.05) is 20.1 Å². The van der Waals surface area contributed by atoms with Gasteiger partial charge in [0.25, 0.3) is 5.91 Å². The Labute approximate surface area is 192 Å². The smallest absolute Gasteiger partial charge is 0.254 e. The van der Waals surface area contributed by atoms with Gasteiger partial charge in [0.2, 0.25) is 10.0 Å². The van der Waals surface area contributed by atoms with E-state index in [1.165, 1.54) is 21.6 Å². The van der Waals surface area contributed by atoms with Gasteiger partial charge in [-0.05, 0) is 55.7 Å². The molecule has 1 aromatic heterocycles. The maximum Gasteiger partial charge on any atom is 0.254 e. The molecular weight excluding hydrogens is 445 g/mol. The first kappa shape index (κ1) is 23.1. The van der Waals surface area contributed by atoms with Crippen LogP contribution in [0, 0.1) is 5.82 Å². The second-order valence-corrected chi connectivity index (χ2v) is 10.0. The summed E-state index contributed by atoms with van der Waals surface area (Å²) in [6, 6.07) is 10.8. The Morgan fingerprint density at radius 1 is 1.09 bits per heavy atom. The lowest BCUT2D eigenvalue weighted by molar-refractivity contribution is 0.0742. The molecule has 0 saturated carbocycles. The van der Waals surface area contributed by atoms with E-state index < -0.39 is 26.6 Å². The number of hydrogen-bond acceptors (Lipinski definition) is 5. The summed E-state index contributed by atoms with van der Waals surface area (Å²) in [5, 5.41) is 4.09. The molecule has 1 unspecified atom stereocenters. The van der Waals surface area contributed by atoms with Crippen LogP contribution in [-0.4, -0.2) is 58.4 Å². The topological polar surface area (TPSA) is 88.4 Å². The van der Waals surface area contributed by atoms with Gasteiger partial charge in [-0.25, -0.2) is 22.5 Å². The minimum absolute atomic E-state index is 0.126. The van der Waals surface area contributed by atoms with Gasteiger partial charge in [0.15, 0.2) is 0 Å². The lowest BCUT2D eigenvalue weighted by Crippen LogP contribution is -2.36. The molecule has 0 aliphatic carbocycles. The lowest BCUT2D eigenvalue weighted by Gasteiger charge is -2.27. The van der Waals surface area contributed by atoms with Crippen molar-refractivity contribution in [2.24, 2.45) is 0 Å². The maximum absolute atomic E-state index is 14.5. The third-order valence-corrected chi connectivity index (χ3v) is 7.98. The number of hydrogen-bond donors (Lipinski definition) is 0. The molecule has 1 aliphatic heterocycles. The summed E-state index contributed by atoms with van der Waals surface area (Å²) in [7, 11) is -2.36. The molecule has 33 heavy (non-hydrogen) atoms. The van der Waals surface area contributed by atoms with Crippen LogP contribution >= 0.6 is 0 Å². The van der Waals surface area contributed by atoms with Crippen LogP contribution in [-0.2, 0) is 10.0 Å². The maximum atomic E-state index is 14.5. The summed E-state index contributed by atoms with van der Waals surface area (Å²) in [6.07, 6.45) is 5.49. The quantitative estimate of drug-likeness (QED) is 0.550. The summed E-state index contributed by atoms with van der Waals surface area (Å²) in [4.78, 5) is 18.1. The summed E-state index contributed by atoms with van der Waals surface area (Å²) in [5.41, 5.74) is 1.85. The zero-order chi connectivity index (χ0) is 23.6. The van der Waals surface area contributed by atoms with Gasteiger partial charge in [0, 0.05) is 25.7 Å². The van der Waals surface area contributed by atoms with Crippen molar-refractivity contribution in [3.63, 3.8) is 0 Å². The molecule has 4 rings (SSSR count). The molecule has 0 spiro atoms.